The van der Waals surface area contributed by atoms with Crippen molar-refractivity contribution < 1.29 is 9.90 Å². The Bertz CT molecular complexity index is 652. The first-order valence-corrected chi connectivity index (χ1v) is 7.96. The molecule has 1 saturated heterocycles. The molecule has 5 heteroatoms. The van der Waals surface area contributed by atoms with E-state index >= 15 is 0 Å². The van der Waals surface area contributed by atoms with Crippen LogP contribution in [0.3, 0.4) is 0 Å². The van der Waals surface area contributed by atoms with Crippen LogP contribution in [-0.2, 0) is 0 Å². The van der Waals surface area contributed by atoms with Gasteiger partial charge < -0.3 is 15.3 Å². The van der Waals surface area contributed by atoms with Gasteiger partial charge in [0.05, 0.1) is 0 Å². The van der Waals surface area contributed by atoms with E-state index in [0.717, 1.165) is 32.5 Å². The van der Waals surface area contributed by atoms with Gasteiger partial charge in [-0.1, -0.05) is 24.3 Å². The molecule has 0 aliphatic carbocycles. The van der Waals surface area contributed by atoms with E-state index in [4.69, 9.17) is 5.11 Å². The van der Waals surface area contributed by atoms with Crippen molar-refractivity contribution in [2.75, 3.05) is 29.9 Å². The Kier molecular flexibility index (Phi) is 4.76. The number of carboxylic acids is 1. The lowest BCUT2D eigenvalue weighted by molar-refractivity contribution is 0.0690. The Morgan fingerprint density at radius 3 is 2.57 bits per heavy atom. The summed E-state index contributed by atoms with van der Waals surface area (Å²) in [6.07, 6.45) is 2.25. The summed E-state index contributed by atoms with van der Waals surface area (Å²) in [4.78, 5) is 17.4. The van der Waals surface area contributed by atoms with Crippen molar-refractivity contribution in [3.63, 3.8) is 0 Å². The van der Waals surface area contributed by atoms with Crippen LogP contribution in [0.15, 0.2) is 48.5 Å². The van der Waals surface area contributed by atoms with Crippen molar-refractivity contribution in [2.24, 2.45) is 5.92 Å². The smallest absolute Gasteiger partial charge is 0.354 e. The summed E-state index contributed by atoms with van der Waals surface area (Å²) in [6.45, 7) is 2.94. The molecule has 3 rings (SSSR count). The van der Waals surface area contributed by atoms with E-state index < -0.39 is 5.97 Å². The molecular formula is C18H21N3O2. The second-order valence-corrected chi connectivity index (χ2v) is 5.86. The van der Waals surface area contributed by atoms with Gasteiger partial charge in [-0.2, -0.15) is 0 Å². The average molecular weight is 311 g/mol. The predicted molar refractivity (Wildman–Crippen MR) is 91.1 cm³/mol. The third-order valence-electron chi connectivity index (χ3n) is 4.28. The quantitative estimate of drug-likeness (QED) is 0.888. The number of para-hydroxylation sites is 1. The van der Waals surface area contributed by atoms with Crippen LogP contribution in [0.5, 0.6) is 0 Å². The van der Waals surface area contributed by atoms with Gasteiger partial charge in [0.1, 0.15) is 5.82 Å². The van der Waals surface area contributed by atoms with Crippen LogP contribution in [-0.4, -0.2) is 35.7 Å². The van der Waals surface area contributed by atoms with Gasteiger partial charge in [-0.15, -0.1) is 0 Å². The number of carbonyl (C=O) groups is 1. The fourth-order valence-corrected chi connectivity index (χ4v) is 2.94. The highest BCUT2D eigenvalue weighted by Crippen LogP contribution is 2.23. The number of carboxylic acid groups (broad SMARTS) is 1. The number of piperidine rings is 1. The summed E-state index contributed by atoms with van der Waals surface area (Å²) in [5.41, 5.74) is 1.36. The number of nitrogens with zero attached hydrogens (tertiary/aromatic N) is 2. The molecule has 120 valence electrons. The third kappa shape index (κ3) is 4.00. The molecule has 2 heterocycles. The number of pyridine rings is 1. The fraction of sp³-hybridized carbons (Fsp3) is 0.333. The van der Waals surface area contributed by atoms with Crippen LogP contribution in [0.2, 0.25) is 0 Å². The molecule has 1 aromatic carbocycles. The van der Waals surface area contributed by atoms with Crippen molar-refractivity contribution >= 4 is 17.5 Å². The third-order valence-corrected chi connectivity index (χ3v) is 4.28. The Hall–Kier alpha value is -2.56. The van der Waals surface area contributed by atoms with Crippen LogP contribution in [0.1, 0.15) is 23.3 Å². The molecular weight excluding hydrogens is 290 g/mol. The van der Waals surface area contributed by atoms with Crippen molar-refractivity contribution in [1.29, 1.82) is 0 Å². The topological polar surface area (TPSA) is 65.5 Å². The second-order valence-electron chi connectivity index (χ2n) is 5.86. The van der Waals surface area contributed by atoms with Gasteiger partial charge in [0.2, 0.25) is 0 Å². The summed E-state index contributed by atoms with van der Waals surface area (Å²) in [5.74, 6) is 0.227. The molecule has 0 saturated carbocycles. The maximum Gasteiger partial charge on any atom is 0.354 e. The number of aromatic nitrogens is 1. The van der Waals surface area contributed by atoms with Crippen LogP contribution in [0, 0.1) is 5.92 Å². The number of rotatable bonds is 5. The SMILES string of the molecule is O=C(O)c1cccc(NCC2CCN(c3ccccc3)CC2)n1. The van der Waals surface area contributed by atoms with E-state index in [9.17, 15) is 4.79 Å². The predicted octanol–water partition coefficient (Wildman–Crippen LogP) is 3.11. The molecule has 0 atom stereocenters. The van der Waals surface area contributed by atoms with Gasteiger partial charge in [-0.3, -0.25) is 0 Å². The van der Waals surface area contributed by atoms with E-state index in [2.05, 4.69) is 39.5 Å². The average Bonchev–Trinajstić information content (AvgIpc) is 2.61. The zero-order valence-corrected chi connectivity index (χ0v) is 13.0. The maximum atomic E-state index is 10.9. The number of anilines is 2. The second kappa shape index (κ2) is 7.13. The summed E-state index contributed by atoms with van der Waals surface area (Å²) in [7, 11) is 0. The van der Waals surface area contributed by atoms with Crippen LogP contribution >= 0.6 is 0 Å². The first-order chi connectivity index (χ1) is 11.2. The lowest BCUT2D eigenvalue weighted by Crippen LogP contribution is -2.35. The molecule has 0 radical (unpaired) electrons. The number of hydrogen-bond donors (Lipinski definition) is 2. The number of hydrogen-bond acceptors (Lipinski definition) is 4. The Balaban J connectivity index is 1.49. The summed E-state index contributed by atoms with van der Waals surface area (Å²) in [5, 5.41) is 12.2. The molecule has 5 nitrogen and oxygen atoms in total. The Morgan fingerprint density at radius 2 is 1.87 bits per heavy atom. The summed E-state index contributed by atoms with van der Waals surface area (Å²) < 4.78 is 0. The van der Waals surface area contributed by atoms with Gasteiger partial charge in [-0.05, 0) is 43.0 Å². The Labute approximate surface area is 136 Å². The minimum Gasteiger partial charge on any atom is -0.477 e. The molecule has 0 unspecified atom stereocenters. The minimum atomic E-state index is -0.996. The van der Waals surface area contributed by atoms with Gasteiger partial charge in [0.25, 0.3) is 0 Å². The van der Waals surface area contributed by atoms with E-state index in [1.54, 1.807) is 6.07 Å². The normalized spacial score (nSPS) is 15.4. The maximum absolute atomic E-state index is 10.9. The van der Waals surface area contributed by atoms with E-state index in [1.165, 1.54) is 11.8 Å². The van der Waals surface area contributed by atoms with Crippen LogP contribution in [0.4, 0.5) is 11.5 Å². The fourth-order valence-electron chi connectivity index (χ4n) is 2.94. The van der Waals surface area contributed by atoms with Crippen molar-refractivity contribution in [2.45, 2.75) is 12.8 Å². The number of aromatic carboxylic acids is 1. The summed E-state index contributed by atoms with van der Waals surface area (Å²) >= 11 is 0. The van der Waals surface area contributed by atoms with Crippen LogP contribution in [0.25, 0.3) is 0 Å². The van der Waals surface area contributed by atoms with E-state index in [1.807, 2.05) is 12.1 Å². The molecule has 1 aromatic heterocycles. The monoisotopic (exact) mass is 311 g/mol. The Morgan fingerprint density at radius 1 is 1.13 bits per heavy atom. The molecule has 2 aromatic rings. The van der Waals surface area contributed by atoms with Crippen LogP contribution < -0.4 is 10.2 Å². The van der Waals surface area contributed by atoms with Gasteiger partial charge in [0, 0.05) is 25.3 Å². The van der Waals surface area contributed by atoms with Crippen molar-refractivity contribution in [1.82, 2.24) is 4.98 Å². The first-order valence-electron chi connectivity index (χ1n) is 7.96. The van der Waals surface area contributed by atoms with E-state index in [-0.39, 0.29) is 5.69 Å². The number of nitrogens with one attached hydrogen (secondary N) is 1. The lowest BCUT2D eigenvalue weighted by atomic mass is 9.96. The molecule has 1 fully saturated rings. The lowest BCUT2D eigenvalue weighted by Gasteiger charge is -2.33. The largest absolute Gasteiger partial charge is 0.477 e. The number of benzene rings is 1. The highest BCUT2D eigenvalue weighted by Gasteiger charge is 2.19. The first kappa shape index (κ1) is 15.3. The molecule has 1 aliphatic rings. The highest BCUT2D eigenvalue weighted by molar-refractivity contribution is 5.85. The molecule has 0 spiro atoms. The molecule has 0 amide bonds. The zero-order chi connectivity index (χ0) is 16.1. The minimum absolute atomic E-state index is 0.0777. The zero-order valence-electron chi connectivity index (χ0n) is 13.0. The summed E-state index contributed by atoms with van der Waals surface area (Å²) in [6, 6.07) is 15.5. The van der Waals surface area contributed by atoms with Gasteiger partial charge in [0.15, 0.2) is 5.69 Å². The highest BCUT2D eigenvalue weighted by atomic mass is 16.4. The van der Waals surface area contributed by atoms with E-state index in [0.29, 0.717) is 11.7 Å². The molecule has 2 N–H and O–H groups in total. The van der Waals surface area contributed by atoms with Gasteiger partial charge >= 0.3 is 5.97 Å². The molecule has 23 heavy (non-hydrogen) atoms. The van der Waals surface area contributed by atoms with Gasteiger partial charge in [-0.25, -0.2) is 9.78 Å². The molecule has 1 aliphatic heterocycles. The van der Waals surface area contributed by atoms with Crippen molar-refractivity contribution in [3.05, 3.63) is 54.2 Å². The standard InChI is InChI=1S/C18H21N3O2/c22-18(23)16-7-4-8-17(20-16)19-13-14-9-11-21(12-10-14)15-5-2-1-3-6-15/h1-8,14H,9-13H2,(H,19,20)(H,22,23). The molecule has 0 bridgehead atoms. The van der Waals surface area contributed by atoms with Crippen molar-refractivity contribution in [3.8, 4) is 0 Å².